The van der Waals surface area contributed by atoms with Crippen molar-refractivity contribution in [3.8, 4) is 0 Å². The van der Waals surface area contributed by atoms with Crippen LogP contribution < -0.4 is 4.90 Å². The van der Waals surface area contributed by atoms with Gasteiger partial charge < -0.3 is 9.64 Å². The van der Waals surface area contributed by atoms with Crippen LogP contribution in [-0.2, 0) is 26.0 Å². The predicted molar refractivity (Wildman–Crippen MR) is 94.3 cm³/mol. The first-order valence-corrected chi connectivity index (χ1v) is 10.4. The van der Waals surface area contributed by atoms with Gasteiger partial charge in [0.2, 0.25) is 15.9 Å². The molecule has 1 amide bonds. The molecule has 7 heteroatoms. The molecular weight excluding hydrogens is 340 g/mol. The average Bonchev–Trinajstić information content (AvgIpc) is 2.81. The third kappa shape index (κ3) is 2.60. The molecule has 0 spiro atoms. The summed E-state index contributed by atoms with van der Waals surface area (Å²) >= 11 is 0. The normalized spacial score (nSPS) is 29.8. The zero-order valence-corrected chi connectivity index (χ0v) is 15.7. The molecule has 0 saturated carbocycles. The lowest BCUT2D eigenvalue weighted by molar-refractivity contribution is -0.119. The Hall–Kier alpha value is -1.44. The van der Waals surface area contributed by atoms with Crippen molar-refractivity contribution >= 4 is 21.6 Å². The minimum Gasteiger partial charge on any atom is -0.373 e. The van der Waals surface area contributed by atoms with E-state index >= 15 is 0 Å². The Kier molecular flexibility index (Phi) is 3.94. The van der Waals surface area contributed by atoms with E-state index in [1.807, 2.05) is 25.7 Å². The van der Waals surface area contributed by atoms with Gasteiger partial charge in [-0.15, -0.1) is 0 Å². The highest BCUT2D eigenvalue weighted by Crippen LogP contribution is 2.44. The maximum atomic E-state index is 13.2. The molecule has 0 unspecified atom stereocenters. The van der Waals surface area contributed by atoms with Crippen molar-refractivity contribution in [1.82, 2.24) is 4.31 Å². The van der Waals surface area contributed by atoms with E-state index in [2.05, 4.69) is 0 Å². The molecule has 0 aromatic heterocycles. The summed E-state index contributed by atoms with van der Waals surface area (Å²) in [6.07, 6.45) is 1.45. The second kappa shape index (κ2) is 5.79. The van der Waals surface area contributed by atoms with E-state index in [1.54, 1.807) is 12.1 Å². The number of hydrogen-bond acceptors (Lipinski definition) is 4. The highest BCUT2D eigenvalue weighted by molar-refractivity contribution is 7.89. The number of anilines is 1. The topological polar surface area (TPSA) is 66.9 Å². The van der Waals surface area contributed by atoms with Gasteiger partial charge in [-0.25, -0.2) is 8.42 Å². The molecule has 1 fully saturated rings. The second-order valence-corrected chi connectivity index (χ2v) is 9.35. The van der Waals surface area contributed by atoms with Crippen LogP contribution in [0.4, 0.5) is 5.69 Å². The molecule has 3 atom stereocenters. The smallest absolute Gasteiger partial charge is 0.243 e. The number of rotatable bonds is 2. The van der Waals surface area contributed by atoms with Crippen molar-refractivity contribution in [2.75, 3.05) is 24.5 Å². The number of benzene rings is 1. The summed E-state index contributed by atoms with van der Waals surface area (Å²) in [6.45, 7) is 7.10. The maximum Gasteiger partial charge on any atom is 0.243 e. The summed E-state index contributed by atoms with van der Waals surface area (Å²) in [7, 11) is -3.59. The van der Waals surface area contributed by atoms with Gasteiger partial charge in [-0.3, -0.25) is 4.79 Å². The minimum absolute atomic E-state index is 0.0825. The van der Waals surface area contributed by atoms with Gasteiger partial charge in [0, 0.05) is 19.6 Å². The van der Waals surface area contributed by atoms with Crippen molar-refractivity contribution in [2.24, 2.45) is 0 Å². The lowest BCUT2D eigenvalue weighted by atomic mass is 9.97. The average molecular weight is 364 g/mol. The molecule has 0 bridgehead atoms. The van der Waals surface area contributed by atoms with Crippen LogP contribution in [0.15, 0.2) is 17.0 Å². The van der Waals surface area contributed by atoms with Crippen molar-refractivity contribution < 1.29 is 17.9 Å². The minimum atomic E-state index is -3.59. The molecular formula is C18H24N2O4S. The van der Waals surface area contributed by atoms with Crippen LogP contribution in [-0.4, -0.2) is 50.5 Å². The quantitative estimate of drug-likeness (QED) is 0.804. The van der Waals surface area contributed by atoms with Crippen LogP contribution in [0.5, 0.6) is 0 Å². The van der Waals surface area contributed by atoms with Crippen LogP contribution in [0.3, 0.4) is 0 Å². The number of ether oxygens (including phenoxy) is 1. The van der Waals surface area contributed by atoms with Crippen molar-refractivity contribution in [3.05, 3.63) is 23.3 Å². The third-order valence-electron chi connectivity index (χ3n) is 5.42. The number of carbonyl (C=O) groups is 1. The van der Waals surface area contributed by atoms with Gasteiger partial charge in [-0.1, -0.05) is 0 Å². The van der Waals surface area contributed by atoms with Crippen LogP contribution >= 0.6 is 0 Å². The lowest BCUT2D eigenvalue weighted by Crippen LogP contribution is -2.48. The number of morpholine rings is 1. The molecule has 136 valence electrons. The van der Waals surface area contributed by atoms with Crippen LogP contribution in [0, 0.1) is 0 Å². The first-order chi connectivity index (χ1) is 11.8. The van der Waals surface area contributed by atoms with Crippen LogP contribution in [0.2, 0.25) is 0 Å². The van der Waals surface area contributed by atoms with Gasteiger partial charge >= 0.3 is 0 Å². The maximum absolute atomic E-state index is 13.2. The Morgan fingerprint density at radius 1 is 1.12 bits per heavy atom. The van der Waals surface area contributed by atoms with Gasteiger partial charge in [0.1, 0.15) is 0 Å². The zero-order chi connectivity index (χ0) is 17.9. The Bertz CT molecular complexity index is 826. The number of hydrogen-bond donors (Lipinski definition) is 0. The number of carbonyl (C=O) groups excluding carboxylic acids is 1. The number of amides is 1. The molecule has 3 aliphatic rings. The largest absolute Gasteiger partial charge is 0.373 e. The summed E-state index contributed by atoms with van der Waals surface area (Å²) in [5.74, 6) is -0.191. The zero-order valence-electron chi connectivity index (χ0n) is 14.9. The molecule has 1 aromatic carbocycles. The SMILES string of the molecule is C[C@@H]1C(=O)N2CCCc3cc(S(=O)(=O)N4C[C@H](C)O[C@@H](C)C4)cc1c32. The molecule has 1 saturated heterocycles. The second-order valence-electron chi connectivity index (χ2n) is 7.41. The lowest BCUT2D eigenvalue weighted by Gasteiger charge is -2.34. The highest BCUT2D eigenvalue weighted by atomic mass is 32.2. The molecule has 0 radical (unpaired) electrons. The Morgan fingerprint density at radius 3 is 2.48 bits per heavy atom. The molecule has 25 heavy (non-hydrogen) atoms. The van der Waals surface area contributed by atoms with E-state index in [9.17, 15) is 13.2 Å². The first kappa shape index (κ1) is 17.0. The standard InChI is InChI=1S/C18H24N2O4S/c1-11-9-19(10-12(2)24-11)25(22,23)15-7-14-5-4-6-20-17(14)16(8-15)13(3)18(20)21/h7-8,11-13H,4-6,9-10H2,1-3H3/t11-,12-,13-/m0/s1. The van der Waals surface area contributed by atoms with Gasteiger partial charge in [0.05, 0.1) is 28.7 Å². The molecule has 1 aromatic rings. The van der Waals surface area contributed by atoms with E-state index in [0.29, 0.717) is 18.0 Å². The summed E-state index contributed by atoms with van der Waals surface area (Å²) in [5, 5.41) is 0. The van der Waals surface area contributed by atoms with Gasteiger partial charge in [-0.2, -0.15) is 4.31 Å². The number of sulfonamides is 1. The van der Waals surface area contributed by atoms with Crippen molar-refractivity contribution in [1.29, 1.82) is 0 Å². The summed E-state index contributed by atoms with van der Waals surface area (Å²) in [4.78, 5) is 14.6. The summed E-state index contributed by atoms with van der Waals surface area (Å²) in [6, 6.07) is 3.49. The first-order valence-electron chi connectivity index (χ1n) is 8.93. The third-order valence-corrected chi connectivity index (χ3v) is 7.23. The van der Waals surface area contributed by atoms with Gasteiger partial charge in [0.15, 0.2) is 0 Å². The Balaban J connectivity index is 1.78. The number of aryl methyl sites for hydroxylation is 1. The van der Waals surface area contributed by atoms with Gasteiger partial charge in [-0.05, 0) is 56.9 Å². The molecule has 0 N–H and O–H groups in total. The van der Waals surface area contributed by atoms with E-state index in [-0.39, 0.29) is 24.0 Å². The summed E-state index contributed by atoms with van der Waals surface area (Å²) < 4.78 is 33.6. The summed E-state index contributed by atoms with van der Waals surface area (Å²) in [5.41, 5.74) is 2.79. The fraction of sp³-hybridized carbons (Fsp3) is 0.611. The van der Waals surface area contributed by atoms with Crippen molar-refractivity contribution in [2.45, 2.75) is 56.6 Å². The Morgan fingerprint density at radius 2 is 1.80 bits per heavy atom. The predicted octanol–water partition coefficient (Wildman–Crippen LogP) is 1.88. The molecule has 3 heterocycles. The molecule has 4 rings (SSSR count). The Labute approximate surface area is 148 Å². The van der Waals surface area contributed by atoms with Gasteiger partial charge in [0.25, 0.3) is 0 Å². The molecule has 6 nitrogen and oxygen atoms in total. The van der Waals surface area contributed by atoms with Crippen molar-refractivity contribution in [3.63, 3.8) is 0 Å². The fourth-order valence-electron chi connectivity index (χ4n) is 4.29. The monoisotopic (exact) mass is 364 g/mol. The highest BCUT2D eigenvalue weighted by Gasteiger charge is 2.40. The van der Waals surface area contributed by atoms with E-state index in [0.717, 1.165) is 36.2 Å². The van der Waals surface area contributed by atoms with E-state index in [1.165, 1.54) is 4.31 Å². The fourth-order valence-corrected chi connectivity index (χ4v) is 5.97. The molecule has 0 aliphatic carbocycles. The van der Waals surface area contributed by atoms with Crippen LogP contribution in [0.1, 0.15) is 44.2 Å². The van der Waals surface area contributed by atoms with E-state index < -0.39 is 10.0 Å². The number of nitrogens with zero attached hydrogens (tertiary/aromatic N) is 2. The van der Waals surface area contributed by atoms with Crippen LogP contribution in [0.25, 0.3) is 0 Å². The molecule has 3 aliphatic heterocycles. The van der Waals surface area contributed by atoms with E-state index in [4.69, 9.17) is 4.74 Å².